The maximum atomic E-state index is 5.19. The van der Waals surface area contributed by atoms with Crippen molar-refractivity contribution in [1.82, 2.24) is 10.2 Å². The van der Waals surface area contributed by atoms with E-state index in [2.05, 4.69) is 24.1 Å². The third kappa shape index (κ3) is 6.14. The Morgan fingerprint density at radius 1 is 1.11 bits per heavy atom. The average molecular weight is 258 g/mol. The third-order valence-corrected chi connectivity index (χ3v) is 3.87. The van der Waals surface area contributed by atoms with Crippen LogP contribution in [0.5, 0.6) is 0 Å². The number of hydrogen-bond acceptors (Lipinski definition) is 4. The van der Waals surface area contributed by atoms with Gasteiger partial charge in [-0.3, -0.25) is 4.90 Å². The predicted molar refractivity (Wildman–Crippen MR) is 75.0 cm³/mol. The molecule has 0 spiro atoms. The standard InChI is InChI=1S/C14H30N2O2/c1-12(11-15-14-5-6-14)13(2)16(7-9-17-3)8-10-18-4/h12-15H,5-11H2,1-4H3. The lowest BCUT2D eigenvalue weighted by molar-refractivity contribution is 0.0750. The summed E-state index contributed by atoms with van der Waals surface area (Å²) in [4.78, 5) is 2.46. The predicted octanol–water partition coefficient (Wildman–Crippen LogP) is 1.36. The largest absolute Gasteiger partial charge is 0.383 e. The van der Waals surface area contributed by atoms with E-state index < -0.39 is 0 Å². The van der Waals surface area contributed by atoms with Gasteiger partial charge in [0, 0.05) is 39.4 Å². The summed E-state index contributed by atoms with van der Waals surface area (Å²) in [5, 5.41) is 3.62. The molecule has 0 aromatic heterocycles. The summed E-state index contributed by atoms with van der Waals surface area (Å²) in [5.41, 5.74) is 0. The molecule has 0 heterocycles. The smallest absolute Gasteiger partial charge is 0.0589 e. The van der Waals surface area contributed by atoms with Gasteiger partial charge in [-0.05, 0) is 32.2 Å². The Balaban J connectivity index is 2.30. The van der Waals surface area contributed by atoms with Crippen molar-refractivity contribution in [2.75, 3.05) is 47.1 Å². The summed E-state index contributed by atoms with van der Waals surface area (Å²) in [5.74, 6) is 0.652. The second-order valence-corrected chi connectivity index (χ2v) is 5.42. The van der Waals surface area contributed by atoms with E-state index in [1.54, 1.807) is 14.2 Å². The van der Waals surface area contributed by atoms with Gasteiger partial charge in [0.05, 0.1) is 13.2 Å². The number of hydrogen-bond donors (Lipinski definition) is 1. The van der Waals surface area contributed by atoms with Crippen LogP contribution in [0.4, 0.5) is 0 Å². The summed E-state index contributed by atoms with van der Waals surface area (Å²) < 4.78 is 10.4. The molecule has 1 fully saturated rings. The topological polar surface area (TPSA) is 33.7 Å². The van der Waals surface area contributed by atoms with Crippen LogP contribution in [0, 0.1) is 5.92 Å². The molecule has 2 atom stereocenters. The van der Waals surface area contributed by atoms with Gasteiger partial charge >= 0.3 is 0 Å². The SMILES string of the molecule is COCCN(CCOC)C(C)C(C)CNC1CC1. The zero-order valence-electron chi connectivity index (χ0n) is 12.4. The summed E-state index contributed by atoms with van der Waals surface area (Å²) in [6, 6.07) is 1.35. The quantitative estimate of drug-likeness (QED) is 0.607. The van der Waals surface area contributed by atoms with Crippen molar-refractivity contribution in [3.63, 3.8) is 0 Å². The molecule has 0 radical (unpaired) electrons. The normalized spacial score (nSPS) is 19.2. The minimum Gasteiger partial charge on any atom is -0.383 e. The van der Waals surface area contributed by atoms with E-state index in [0.717, 1.165) is 38.9 Å². The molecule has 0 saturated heterocycles. The maximum Gasteiger partial charge on any atom is 0.0589 e. The lowest BCUT2D eigenvalue weighted by atomic mass is 10.0. The van der Waals surface area contributed by atoms with Crippen molar-refractivity contribution < 1.29 is 9.47 Å². The molecule has 4 heteroatoms. The average Bonchev–Trinajstić information content (AvgIpc) is 3.19. The van der Waals surface area contributed by atoms with Gasteiger partial charge in [-0.15, -0.1) is 0 Å². The number of rotatable bonds is 11. The molecule has 0 amide bonds. The summed E-state index contributed by atoms with van der Waals surface area (Å²) >= 11 is 0. The Bertz CT molecular complexity index is 202. The highest BCUT2D eigenvalue weighted by Crippen LogP contribution is 2.19. The summed E-state index contributed by atoms with van der Waals surface area (Å²) in [6.45, 7) is 9.29. The number of ether oxygens (including phenoxy) is 2. The number of nitrogens with one attached hydrogen (secondary N) is 1. The fourth-order valence-corrected chi connectivity index (χ4v) is 2.11. The van der Waals surface area contributed by atoms with Gasteiger partial charge in [-0.25, -0.2) is 0 Å². The summed E-state index contributed by atoms with van der Waals surface area (Å²) in [6.07, 6.45) is 2.72. The van der Waals surface area contributed by atoms with E-state index in [0.29, 0.717) is 12.0 Å². The Morgan fingerprint density at radius 2 is 1.67 bits per heavy atom. The lowest BCUT2D eigenvalue weighted by Gasteiger charge is -2.33. The van der Waals surface area contributed by atoms with E-state index in [4.69, 9.17) is 9.47 Å². The van der Waals surface area contributed by atoms with Crippen LogP contribution in [0.25, 0.3) is 0 Å². The van der Waals surface area contributed by atoms with E-state index in [1.165, 1.54) is 12.8 Å². The van der Waals surface area contributed by atoms with Crippen molar-refractivity contribution in [3.05, 3.63) is 0 Å². The molecule has 1 aliphatic rings. The fourth-order valence-electron chi connectivity index (χ4n) is 2.11. The van der Waals surface area contributed by atoms with Crippen LogP contribution < -0.4 is 5.32 Å². The van der Waals surface area contributed by atoms with E-state index in [1.807, 2.05) is 0 Å². The molecule has 0 aromatic carbocycles. The van der Waals surface area contributed by atoms with Crippen LogP contribution in [0.1, 0.15) is 26.7 Å². The highest BCUT2D eigenvalue weighted by atomic mass is 16.5. The van der Waals surface area contributed by atoms with Gasteiger partial charge < -0.3 is 14.8 Å². The lowest BCUT2D eigenvalue weighted by Crippen LogP contribution is -2.44. The maximum absolute atomic E-state index is 5.19. The second-order valence-electron chi connectivity index (χ2n) is 5.42. The molecule has 1 aliphatic carbocycles. The second kappa shape index (κ2) is 8.86. The molecule has 2 unspecified atom stereocenters. The van der Waals surface area contributed by atoms with Crippen LogP contribution in [-0.4, -0.2) is 64.1 Å². The molecule has 0 bridgehead atoms. The first kappa shape index (κ1) is 15.9. The van der Waals surface area contributed by atoms with Gasteiger partial charge in [0.2, 0.25) is 0 Å². The minimum atomic E-state index is 0.557. The van der Waals surface area contributed by atoms with Crippen molar-refractivity contribution >= 4 is 0 Å². The van der Waals surface area contributed by atoms with Crippen molar-refractivity contribution in [2.24, 2.45) is 5.92 Å². The molecular weight excluding hydrogens is 228 g/mol. The van der Waals surface area contributed by atoms with Crippen LogP contribution in [-0.2, 0) is 9.47 Å². The van der Waals surface area contributed by atoms with Gasteiger partial charge in [0.1, 0.15) is 0 Å². The van der Waals surface area contributed by atoms with Gasteiger partial charge in [0.25, 0.3) is 0 Å². The monoisotopic (exact) mass is 258 g/mol. The van der Waals surface area contributed by atoms with Crippen molar-refractivity contribution in [3.8, 4) is 0 Å². The van der Waals surface area contributed by atoms with E-state index >= 15 is 0 Å². The highest BCUT2D eigenvalue weighted by molar-refractivity contribution is 4.83. The Kier molecular flexibility index (Phi) is 7.82. The van der Waals surface area contributed by atoms with Crippen molar-refractivity contribution in [2.45, 2.75) is 38.8 Å². The molecule has 0 aliphatic heterocycles. The Hall–Kier alpha value is -0.160. The first-order valence-electron chi connectivity index (χ1n) is 7.14. The van der Waals surface area contributed by atoms with Crippen LogP contribution in [0.3, 0.4) is 0 Å². The molecule has 0 aromatic rings. The molecule has 1 rings (SSSR count). The first-order chi connectivity index (χ1) is 8.69. The van der Waals surface area contributed by atoms with Crippen LogP contribution in [0.15, 0.2) is 0 Å². The van der Waals surface area contributed by atoms with Gasteiger partial charge in [0.15, 0.2) is 0 Å². The zero-order chi connectivity index (χ0) is 13.4. The molecule has 4 nitrogen and oxygen atoms in total. The molecule has 18 heavy (non-hydrogen) atoms. The minimum absolute atomic E-state index is 0.557. The Labute approximate surface area is 112 Å². The number of nitrogens with zero attached hydrogens (tertiary/aromatic N) is 1. The van der Waals surface area contributed by atoms with E-state index in [-0.39, 0.29) is 0 Å². The molecule has 1 saturated carbocycles. The van der Waals surface area contributed by atoms with Gasteiger partial charge in [-0.2, -0.15) is 0 Å². The van der Waals surface area contributed by atoms with Gasteiger partial charge in [-0.1, -0.05) is 6.92 Å². The third-order valence-electron chi connectivity index (χ3n) is 3.87. The van der Waals surface area contributed by atoms with Crippen LogP contribution in [0.2, 0.25) is 0 Å². The van der Waals surface area contributed by atoms with Crippen molar-refractivity contribution in [1.29, 1.82) is 0 Å². The molecule has 108 valence electrons. The molecular formula is C14H30N2O2. The van der Waals surface area contributed by atoms with Crippen LogP contribution >= 0.6 is 0 Å². The number of methoxy groups -OCH3 is 2. The Morgan fingerprint density at radius 3 is 2.11 bits per heavy atom. The van der Waals surface area contributed by atoms with E-state index in [9.17, 15) is 0 Å². The zero-order valence-corrected chi connectivity index (χ0v) is 12.4. The fraction of sp³-hybridized carbons (Fsp3) is 1.00. The highest BCUT2D eigenvalue weighted by Gasteiger charge is 2.24. The summed E-state index contributed by atoms with van der Waals surface area (Å²) in [7, 11) is 3.52. The molecule has 1 N–H and O–H groups in total. The first-order valence-corrected chi connectivity index (χ1v) is 7.14.